The summed E-state index contributed by atoms with van der Waals surface area (Å²) in [7, 11) is 1.65. The van der Waals surface area contributed by atoms with Crippen molar-refractivity contribution in [1.82, 2.24) is 14.9 Å². The third-order valence-corrected chi connectivity index (χ3v) is 12.6. The number of nitrogens with zero attached hydrogens (tertiary/aromatic N) is 5. The van der Waals surface area contributed by atoms with Crippen LogP contribution in [0.15, 0.2) is 12.1 Å². The molecule has 0 saturated carbocycles. The number of aromatic nitrogens is 2. The number of hydrogen-bond acceptors (Lipinski definition) is 9. The molecule has 264 valence electrons. The minimum absolute atomic E-state index is 0.0515. The predicted octanol–water partition coefficient (Wildman–Crippen LogP) is 8.22. The van der Waals surface area contributed by atoms with E-state index in [1.54, 1.807) is 13.2 Å². The van der Waals surface area contributed by atoms with Gasteiger partial charge in [0.15, 0.2) is 11.6 Å². The summed E-state index contributed by atoms with van der Waals surface area (Å²) in [5, 5.41) is 9.80. The van der Waals surface area contributed by atoms with Crippen molar-refractivity contribution in [2.45, 2.75) is 69.3 Å². The normalized spacial score (nSPS) is 25.4. The van der Waals surface area contributed by atoms with Crippen LogP contribution in [0.4, 0.5) is 27.8 Å². The van der Waals surface area contributed by atoms with Crippen molar-refractivity contribution >= 4 is 49.7 Å². The van der Waals surface area contributed by atoms with Crippen molar-refractivity contribution in [3.05, 3.63) is 39.2 Å². The van der Waals surface area contributed by atoms with Crippen LogP contribution in [0.5, 0.6) is 11.8 Å². The van der Waals surface area contributed by atoms with Gasteiger partial charge in [-0.1, -0.05) is 17.7 Å². The molecule has 4 aliphatic heterocycles. The Balaban J connectivity index is 1.34. The Labute approximate surface area is 293 Å². The highest BCUT2D eigenvalue weighted by Crippen LogP contribution is 2.52. The Hall–Kier alpha value is -3.51. The van der Waals surface area contributed by atoms with Gasteiger partial charge in [-0.05, 0) is 50.8 Å². The molecule has 4 aromatic rings. The number of piperidine rings is 1. The van der Waals surface area contributed by atoms with Crippen molar-refractivity contribution in [1.29, 1.82) is 5.26 Å². The quantitative estimate of drug-likeness (QED) is 0.176. The lowest BCUT2D eigenvalue weighted by Crippen LogP contribution is -2.48. The SMILES string of the molecule is COC(C)C1CCC2COc3c(Cl)c(-c4ccc(F)c5sc(C(F)F)c(C#N)c45)c(F)c4nc(OCC56CCCN5C[C@H](F)C6)nc(c34)N2C1. The molecule has 3 saturated heterocycles. The van der Waals surface area contributed by atoms with E-state index in [0.29, 0.717) is 43.1 Å². The van der Waals surface area contributed by atoms with E-state index in [1.165, 1.54) is 6.07 Å². The molecule has 50 heavy (non-hydrogen) atoms. The van der Waals surface area contributed by atoms with Crippen molar-refractivity contribution < 1.29 is 36.2 Å². The fourth-order valence-corrected chi connectivity index (χ4v) is 9.80. The van der Waals surface area contributed by atoms with Crippen LogP contribution < -0.4 is 14.4 Å². The van der Waals surface area contributed by atoms with Gasteiger partial charge >= 0.3 is 6.01 Å². The summed E-state index contributed by atoms with van der Waals surface area (Å²) in [6.07, 6.45) is -0.591. The summed E-state index contributed by atoms with van der Waals surface area (Å²) in [6, 6.07) is 3.74. The summed E-state index contributed by atoms with van der Waals surface area (Å²) < 4.78 is 93.0. The molecule has 0 amide bonds. The van der Waals surface area contributed by atoms with Crippen LogP contribution in [0, 0.1) is 28.9 Å². The van der Waals surface area contributed by atoms with Gasteiger partial charge in [-0.15, -0.1) is 11.3 Å². The Kier molecular flexibility index (Phi) is 8.48. The monoisotopic (exact) mass is 733 g/mol. The number of nitriles is 1. The lowest BCUT2D eigenvalue weighted by atomic mass is 9.89. The van der Waals surface area contributed by atoms with Crippen molar-refractivity contribution in [2.24, 2.45) is 5.92 Å². The second-order valence-electron chi connectivity index (χ2n) is 13.7. The van der Waals surface area contributed by atoms with Gasteiger partial charge in [0.1, 0.15) is 42.6 Å². The van der Waals surface area contributed by atoms with E-state index in [-0.39, 0.29) is 80.2 Å². The number of hydrogen-bond donors (Lipinski definition) is 0. The fraction of sp³-hybridized carbons (Fsp3) is 0.514. The third kappa shape index (κ3) is 5.18. The van der Waals surface area contributed by atoms with Crippen molar-refractivity contribution in [3.63, 3.8) is 0 Å². The number of ether oxygens (including phenoxy) is 3. The molecular weight excluding hydrogens is 701 g/mol. The number of methoxy groups -OCH3 is 1. The average Bonchev–Trinajstić information content (AvgIpc) is 3.74. The zero-order chi connectivity index (χ0) is 35.1. The van der Waals surface area contributed by atoms with Gasteiger partial charge in [0.05, 0.1) is 43.2 Å². The standard InChI is InChI=1S/C35H33ClF5N5O3S/c1-16(47-2)17-4-5-19-14-48-29-25-28(43-34(44-33(25)46(19)12-17)49-15-35-8-3-9-45(35)13-18(37)10-35)27(39)24(26(29)36)20-6-7-22(38)31-23(20)21(11-42)30(50-31)32(40)41/h6-7,16-19,32H,3-5,8-10,12-15H2,1-2H3/t16?,17?,18-,19?,35?/m1/s1. The predicted molar refractivity (Wildman–Crippen MR) is 179 cm³/mol. The number of benzene rings is 2. The van der Waals surface area contributed by atoms with Crippen LogP contribution in [-0.2, 0) is 4.74 Å². The zero-order valence-corrected chi connectivity index (χ0v) is 28.8. The molecule has 8 nitrogen and oxygen atoms in total. The van der Waals surface area contributed by atoms with Gasteiger partial charge in [-0.25, -0.2) is 22.0 Å². The van der Waals surface area contributed by atoms with Gasteiger partial charge in [-0.3, -0.25) is 4.90 Å². The Morgan fingerprint density at radius 1 is 1.20 bits per heavy atom. The largest absolute Gasteiger partial charge is 0.489 e. The van der Waals surface area contributed by atoms with Crippen LogP contribution in [-0.4, -0.2) is 78.7 Å². The highest BCUT2D eigenvalue weighted by atomic mass is 35.5. The highest BCUT2D eigenvalue weighted by Gasteiger charge is 2.49. The van der Waals surface area contributed by atoms with Gasteiger partial charge in [0.2, 0.25) is 0 Å². The molecule has 0 spiro atoms. The van der Waals surface area contributed by atoms with Crippen molar-refractivity contribution in [3.8, 4) is 29.0 Å². The Bertz CT molecular complexity index is 2060. The van der Waals surface area contributed by atoms with E-state index in [0.717, 1.165) is 31.9 Å². The lowest BCUT2D eigenvalue weighted by molar-refractivity contribution is 0.0544. The Morgan fingerprint density at radius 3 is 2.78 bits per heavy atom. The molecule has 0 bridgehead atoms. The first-order chi connectivity index (χ1) is 24.0. The minimum atomic E-state index is -3.06. The first-order valence-corrected chi connectivity index (χ1v) is 17.8. The highest BCUT2D eigenvalue weighted by molar-refractivity contribution is 7.19. The van der Waals surface area contributed by atoms with Gasteiger partial charge in [0, 0.05) is 43.5 Å². The maximum atomic E-state index is 17.3. The van der Waals surface area contributed by atoms with E-state index >= 15 is 8.78 Å². The van der Waals surface area contributed by atoms with Crippen LogP contribution in [0.25, 0.3) is 32.1 Å². The molecule has 15 heteroatoms. The molecule has 8 rings (SSSR count). The summed E-state index contributed by atoms with van der Waals surface area (Å²) in [4.78, 5) is 12.9. The van der Waals surface area contributed by atoms with E-state index in [1.807, 2.05) is 6.92 Å². The van der Waals surface area contributed by atoms with Gasteiger partial charge in [0.25, 0.3) is 6.43 Å². The van der Waals surface area contributed by atoms with Crippen LogP contribution in [0.1, 0.15) is 55.9 Å². The number of fused-ring (bicyclic) bond motifs is 4. The van der Waals surface area contributed by atoms with E-state index in [2.05, 4.69) is 14.8 Å². The number of thiophene rings is 1. The molecule has 0 radical (unpaired) electrons. The maximum Gasteiger partial charge on any atom is 0.319 e. The summed E-state index contributed by atoms with van der Waals surface area (Å²) in [6.45, 7) is 3.87. The molecule has 3 fully saturated rings. The first-order valence-electron chi connectivity index (χ1n) is 16.7. The van der Waals surface area contributed by atoms with Crippen LogP contribution in [0.3, 0.4) is 0 Å². The lowest BCUT2D eigenvalue weighted by Gasteiger charge is -2.41. The summed E-state index contributed by atoms with van der Waals surface area (Å²) >= 11 is 7.46. The van der Waals surface area contributed by atoms with E-state index in [9.17, 15) is 18.4 Å². The molecule has 0 aliphatic carbocycles. The first kappa shape index (κ1) is 33.6. The van der Waals surface area contributed by atoms with Gasteiger partial charge < -0.3 is 19.1 Å². The molecule has 6 heterocycles. The number of alkyl halides is 3. The van der Waals surface area contributed by atoms with Gasteiger partial charge in [-0.2, -0.15) is 15.2 Å². The number of halogens is 6. The molecule has 4 aliphatic rings. The van der Waals surface area contributed by atoms with Crippen LogP contribution in [0.2, 0.25) is 5.02 Å². The molecule has 2 aromatic heterocycles. The minimum Gasteiger partial charge on any atom is -0.489 e. The topological polar surface area (TPSA) is 83.7 Å². The van der Waals surface area contributed by atoms with Crippen molar-refractivity contribution in [2.75, 3.05) is 44.9 Å². The summed E-state index contributed by atoms with van der Waals surface area (Å²) in [5.74, 6) is -1.20. The average molecular weight is 734 g/mol. The molecule has 5 atom stereocenters. The number of anilines is 1. The fourth-order valence-electron chi connectivity index (χ4n) is 8.43. The maximum absolute atomic E-state index is 17.3. The van der Waals surface area contributed by atoms with E-state index in [4.69, 9.17) is 30.8 Å². The third-order valence-electron chi connectivity index (χ3n) is 11.0. The van der Waals surface area contributed by atoms with Crippen LogP contribution >= 0.6 is 22.9 Å². The molecule has 4 unspecified atom stereocenters. The number of rotatable bonds is 7. The smallest absolute Gasteiger partial charge is 0.319 e. The Morgan fingerprint density at radius 2 is 2.02 bits per heavy atom. The molecule has 0 N–H and O–H groups in total. The summed E-state index contributed by atoms with van der Waals surface area (Å²) in [5.41, 5.74) is -1.50. The molecular formula is C35H33ClF5N5O3S. The van der Waals surface area contributed by atoms with E-state index < -0.39 is 40.2 Å². The second kappa shape index (κ2) is 12.6. The second-order valence-corrected chi connectivity index (χ2v) is 15.1. The zero-order valence-electron chi connectivity index (χ0n) is 27.2. The molecule has 2 aromatic carbocycles.